The van der Waals surface area contributed by atoms with E-state index in [9.17, 15) is 16.9 Å². The Morgan fingerprint density at radius 3 is 1.29 bits per heavy atom. The van der Waals surface area contributed by atoms with E-state index in [1.807, 2.05) is 18.6 Å². The smallest absolute Gasteiger partial charge is 1.00 e. The van der Waals surface area contributed by atoms with Crippen molar-refractivity contribution in [3.05, 3.63) is 30.3 Å². The van der Waals surface area contributed by atoms with E-state index in [4.69, 9.17) is 5.11 Å². The number of hydrogen-bond donors (Lipinski definition) is 1. The van der Waals surface area contributed by atoms with Crippen LogP contribution in [0.4, 0.5) is 16.9 Å². The number of benzene rings is 1. The van der Waals surface area contributed by atoms with Crippen LogP contribution in [0.3, 0.4) is 0 Å². The fraction of sp³-hybridized carbons (Fsp3) is 0.250. The number of phenols is 1. The molecular weight excluding hydrogens is 380 g/mol. The Balaban J connectivity index is -0.000000197. The molecule has 0 spiro atoms. The molecular formula is C8H13F6OSSb. The minimum absolute atomic E-state index is 0. The molecule has 1 aromatic rings. The largest absolute Gasteiger partial charge is 1.00 e. The summed E-state index contributed by atoms with van der Waals surface area (Å²) in [5.41, 5.74) is 0. The first kappa shape index (κ1) is 19.1. The van der Waals surface area contributed by atoms with Gasteiger partial charge in [-0.05, 0) is 24.6 Å². The molecule has 0 aliphatic rings. The van der Waals surface area contributed by atoms with Crippen LogP contribution in [-0.4, -0.2) is 37.1 Å². The van der Waals surface area contributed by atoms with E-state index in [0.29, 0.717) is 5.75 Å². The molecule has 0 amide bonds. The Morgan fingerprint density at radius 2 is 1.18 bits per heavy atom. The van der Waals surface area contributed by atoms with Gasteiger partial charge >= 0.3 is 37.8 Å². The maximum absolute atomic E-state index is 11.2. The zero-order valence-electron chi connectivity index (χ0n) is 9.96. The second-order valence-corrected chi connectivity index (χ2v) is 8.99. The quantitative estimate of drug-likeness (QED) is 0.513. The van der Waals surface area contributed by atoms with Crippen molar-refractivity contribution in [3.8, 4) is 5.75 Å². The Labute approximate surface area is 103 Å². The first-order valence-electron chi connectivity index (χ1n) is 3.96. The van der Waals surface area contributed by atoms with E-state index in [1.165, 1.54) is 0 Å². The molecule has 0 unspecified atom stereocenters. The molecule has 17 heavy (non-hydrogen) atoms. The Bertz CT molecular complexity index is 304. The zero-order chi connectivity index (χ0) is 14.2. The van der Waals surface area contributed by atoms with E-state index >= 15 is 0 Å². The molecule has 0 saturated carbocycles. The number of phenolic OH excluding ortho intramolecular Hbond substituents is 1. The van der Waals surface area contributed by atoms with Gasteiger partial charge in [-0.25, -0.2) is 0 Å². The molecule has 0 radical (unpaired) electrons. The summed E-state index contributed by atoms with van der Waals surface area (Å²) in [7, 11) is 0. The normalized spacial score (nSPS) is 14.1. The van der Waals surface area contributed by atoms with Gasteiger partial charge in [-0.3, -0.25) is 0 Å². The summed E-state index contributed by atoms with van der Waals surface area (Å²) in [4.78, 5) is 0. The van der Waals surface area contributed by atoms with Crippen molar-refractivity contribution < 1.29 is 23.4 Å². The molecule has 0 bridgehead atoms. The zero-order valence-corrected chi connectivity index (χ0v) is 12.3. The van der Waals surface area contributed by atoms with Gasteiger partial charge in [0.25, 0.3) is 0 Å². The van der Waals surface area contributed by atoms with Crippen LogP contribution in [0.15, 0.2) is 30.3 Å². The molecule has 9 heteroatoms. The van der Waals surface area contributed by atoms with Crippen LogP contribution in [0.25, 0.3) is 0 Å². The molecule has 0 aliphatic carbocycles. The molecule has 1 nitrogen and oxygen atoms in total. The summed E-state index contributed by atoms with van der Waals surface area (Å²) in [5, 5.41) is 8.63. The molecule has 0 aromatic heterocycles. The molecule has 0 fully saturated rings. The first-order chi connectivity index (χ1) is 7.26. The van der Waals surface area contributed by atoms with E-state index in [2.05, 4.69) is 0 Å². The van der Waals surface area contributed by atoms with Crippen molar-refractivity contribution in [2.75, 3.05) is 12.5 Å². The van der Waals surface area contributed by atoms with Crippen molar-refractivity contribution in [2.45, 2.75) is 0 Å². The van der Waals surface area contributed by atoms with Crippen molar-refractivity contribution in [2.24, 2.45) is 0 Å². The summed E-state index contributed by atoms with van der Waals surface area (Å²) in [6.45, 7) is 0. The topological polar surface area (TPSA) is 20.2 Å². The molecule has 0 atom stereocenters. The average Bonchev–Trinajstić information content (AvgIpc) is 2.00. The van der Waals surface area contributed by atoms with E-state index in [1.54, 1.807) is 36.0 Å². The molecule has 0 aliphatic heterocycles. The molecule has 1 aromatic carbocycles. The molecule has 1 N–H and O–H groups in total. The standard InChI is InChI=1S/C6H6O.C2H6S.6FH.Sb/c7-6-4-2-1-3-5-6;1-3-2;;;;;;;/h1-5,7H;1-2H3;6*1H;/q;;;;;;;;+5/p-5. The number of aromatic hydroxyl groups is 1. The van der Waals surface area contributed by atoms with Crippen molar-refractivity contribution in [1.29, 1.82) is 0 Å². The number of halogens is 6. The van der Waals surface area contributed by atoms with Gasteiger partial charge in [0.1, 0.15) is 5.75 Å². The molecule has 104 valence electrons. The third-order valence-corrected chi connectivity index (χ3v) is 0.756. The predicted octanol–water partition coefficient (Wildman–Crippen LogP) is 4.62. The Hall–Kier alpha value is -0.232. The van der Waals surface area contributed by atoms with Crippen LogP contribution < -0.4 is 0 Å². The number of hydrogen-bond acceptors (Lipinski definition) is 2. The SMILES string of the molecule is CSC.Oc1ccccc1.[F][Sb-]([F])([F])([F])([F])[F].[H+]. The second-order valence-electron chi connectivity index (χ2n) is 2.70. The molecule has 0 saturated heterocycles. The van der Waals surface area contributed by atoms with Crippen LogP contribution in [-0.2, 0) is 0 Å². The third kappa shape index (κ3) is 49.5. The maximum Gasteiger partial charge on any atom is 1.00 e. The number of para-hydroxylation sites is 1. The monoisotopic (exact) mass is 392 g/mol. The van der Waals surface area contributed by atoms with E-state index in [-0.39, 0.29) is 1.43 Å². The number of rotatable bonds is 0. The van der Waals surface area contributed by atoms with Crippen LogP contribution in [0, 0.1) is 0 Å². The number of thioether (sulfide) groups is 1. The van der Waals surface area contributed by atoms with E-state index in [0.717, 1.165) is 0 Å². The van der Waals surface area contributed by atoms with Gasteiger partial charge in [0.15, 0.2) is 0 Å². The minimum atomic E-state index is -11.2. The van der Waals surface area contributed by atoms with Crippen molar-refractivity contribution in [1.82, 2.24) is 0 Å². The van der Waals surface area contributed by atoms with E-state index < -0.39 is 19.5 Å². The van der Waals surface area contributed by atoms with Gasteiger partial charge in [0.2, 0.25) is 0 Å². The van der Waals surface area contributed by atoms with Crippen LogP contribution in [0.1, 0.15) is 1.43 Å². The first-order valence-corrected chi connectivity index (χ1v) is 11.4. The second kappa shape index (κ2) is 6.09. The van der Waals surface area contributed by atoms with Gasteiger partial charge in [-0.15, -0.1) is 0 Å². The van der Waals surface area contributed by atoms with Gasteiger partial charge < -0.3 is 5.11 Å². The van der Waals surface area contributed by atoms with Gasteiger partial charge in [0.05, 0.1) is 0 Å². The Morgan fingerprint density at radius 1 is 0.941 bits per heavy atom. The van der Waals surface area contributed by atoms with Gasteiger partial charge in [-0.1, -0.05) is 18.2 Å². The summed E-state index contributed by atoms with van der Waals surface area (Å²) in [6, 6.07) is 8.71. The molecule has 0 heterocycles. The third-order valence-electron chi connectivity index (χ3n) is 0.756. The van der Waals surface area contributed by atoms with Crippen LogP contribution >= 0.6 is 11.8 Å². The summed E-state index contributed by atoms with van der Waals surface area (Å²) in [6.07, 6.45) is 4.08. The summed E-state index contributed by atoms with van der Waals surface area (Å²) < 4.78 is 59.6. The van der Waals surface area contributed by atoms with Crippen LogP contribution in [0.2, 0.25) is 0 Å². The predicted molar refractivity (Wildman–Crippen MR) is 61.1 cm³/mol. The minimum Gasteiger partial charge on any atom is 1.00 e. The fourth-order valence-corrected chi connectivity index (χ4v) is 0.428. The summed E-state index contributed by atoms with van der Waals surface area (Å²) >= 11 is -9.50. The van der Waals surface area contributed by atoms with Crippen molar-refractivity contribution >= 4 is 31.2 Å². The fourth-order valence-electron chi connectivity index (χ4n) is 0.428. The Kier molecular flexibility index (Phi) is 6.85. The van der Waals surface area contributed by atoms with Gasteiger partial charge in [0, 0.05) is 0 Å². The van der Waals surface area contributed by atoms with Crippen LogP contribution in [0.5, 0.6) is 5.75 Å². The van der Waals surface area contributed by atoms with Crippen molar-refractivity contribution in [3.63, 3.8) is 0 Å². The maximum atomic E-state index is 9.93. The summed E-state index contributed by atoms with van der Waals surface area (Å²) in [5.74, 6) is 0.322. The molecule has 1 rings (SSSR count). The van der Waals surface area contributed by atoms with Gasteiger partial charge in [-0.2, -0.15) is 11.8 Å². The average molecular weight is 393 g/mol.